The second kappa shape index (κ2) is 5.63. The van der Waals surface area contributed by atoms with E-state index in [1.807, 2.05) is 39.8 Å². The van der Waals surface area contributed by atoms with Crippen LogP contribution in [-0.2, 0) is 6.54 Å². The Hall–Kier alpha value is -1.88. The molecule has 0 saturated carbocycles. The number of anilines is 1. The minimum Gasteiger partial charge on any atom is -0.384 e. The number of hydrogen-bond acceptors (Lipinski definition) is 4. The van der Waals surface area contributed by atoms with Crippen LogP contribution >= 0.6 is 11.3 Å². The van der Waals surface area contributed by atoms with Gasteiger partial charge in [-0.1, -0.05) is 0 Å². The second-order valence-electron chi connectivity index (χ2n) is 4.96. The molecule has 3 N–H and O–H groups in total. The highest BCUT2D eigenvalue weighted by molar-refractivity contribution is 7.14. The lowest BCUT2D eigenvalue weighted by Crippen LogP contribution is -2.23. The van der Waals surface area contributed by atoms with Gasteiger partial charge in [-0.25, -0.2) is 4.98 Å². The van der Waals surface area contributed by atoms with Crippen molar-refractivity contribution in [3.8, 4) is 0 Å². The summed E-state index contributed by atoms with van der Waals surface area (Å²) in [7, 11) is 0. The topological polar surface area (TPSA) is 68.0 Å². The Bertz CT molecular complexity index is 619. The summed E-state index contributed by atoms with van der Waals surface area (Å²) in [5.74, 6) is 0.474. The highest BCUT2D eigenvalue weighted by Crippen LogP contribution is 2.21. The predicted molar refractivity (Wildman–Crippen MR) is 83.1 cm³/mol. The van der Waals surface area contributed by atoms with Crippen LogP contribution in [0.1, 0.15) is 36.9 Å². The largest absolute Gasteiger partial charge is 0.384 e. The summed E-state index contributed by atoms with van der Waals surface area (Å²) in [6, 6.07) is 3.75. The van der Waals surface area contributed by atoms with Crippen molar-refractivity contribution in [2.75, 3.05) is 5.73 Å². The quantitative estimate of drug-likeness (QED) is 0.913. The molecule has 0 fully saturated rings. The van der Waals surface area contributed by atoms with Crippen LogP contribution in [0, 0.1) is 27.7 Å². The summed E-state index contributed by atoms with van der Waals surface area (Å²) in [6.07, 6.45) is 0. The first-order valence-electron chi connectivity index (χ1n) is 6.46. The summed E-state index contributed by atoms with van der Waals surface area (Å²) in [4.78, 5) is 18.3. The number of carbonyl (C=O) groups excluding carboxylic acids is 1. The highest BCUT2D eigenvalue weighted by Gasteiger charge is 2.12. The molecule has 5 heteroatoms. The molecule has 0 aromatic carbocycles. The summed E-state index contributed by atoms with van der Waals surface area (Å²) in [5.41, 5.74) is 9.79. The smallest absolute Gasteiger partial charge is 0.261 e. The van der Waals surface area contributed by atoms with Crippen molar-refractivity contribution in [2.45, 2.75) is 34.2 Å². The van der Waals surface area contributed by atoms with Crippen LogP contribution in [0.5, 0.6) is 0 Å². The fraction of sp³-hybridized carbons (Fsp3) is 0.333. The van der Waals surface area contributed by atoms with Gasteiger partial charge < -0.3 is 11.1 Å². The Morgan fingerprint density at radius 2 is 1.95 bits per heavy atom. The van der Waals surface area contributed by atoms with E-state index in [-0.39, 0.29) is 5.91 Å². The maximum atomic E-state index is 12.1. The molecule has 0 unspecified atom stereocenters. The summed E-state index contributed by atoms with van der Waals surface area (Å²) >= 11 is 1.52. The fourth-order valence-corrected chi connectivity index (χ4v) is 3.05. The van der Waals surface area contributed by atoms with Crippen LogP contribution in [-0.4, -0.2) is 10.9 Å². The van der Waals surface area contributed by atoms with Gasteiger partial charge in [0.05, 0.1) is 4.88 Å². The van der Waals surface area contributed by atoms with E-state index in [0.29, 0.717) is 12.4 Å². The normalized spacial score (nSPS) is 10.6. The average Bonchev–Trinajstić information content (AvgIpc) is 2.68. The first-order valence-corrected chi connectivity index (χ1v) is 7.28. The van der Waals surface area contributed by atoms with Gasteiger partial charge in [0.1, 0.15) is 5.82 Å². The number of thiophene rings is 1. The Kier molecular flexibility index (Phi) is 4.09. The fourth-order valence-electron chi connectivity index (χ4n) is 2.10. The Labute approximate surface area is 123 Å². The number of carbonyl (C=O) groups is 1. The molecule has 20 heavy (non-hydrogen) atoms. The van der Waals surface area contributed by atoms with Crippen molar-refractivity contribution in [1.29, 1.82) is 0 Å². The van der Waals surface area contributed by atoms with Crippen LogP contribution in [0.4, 0.5) is 5.82 Å². The number of rotatable bonds is 3. The molecular formula is C15H19N3OS. The molecule has 2 aromatic heterocycles. The first-order chi connectivity index (χ1) is 9.38. The van der Waals surface area contributed by atoms with Crippen LogP contribution in [0.2, 0.25) is 0 Å². The zero-order valence-electron chi connectivity index (χ0n) is 12.2. The number of hydrogen-bond donors (Lipinski definition) is 2. The maximum absolute atomic E-state index is 12.1. The number of pyridine rings is 1. The Morgan fingerprint density at radius 1 is 1.25 bits per heavy atom. The minimum atomic E-state index is -0.0400. The molecule has 2 rings (SSSR count). The molecule has 0 atom stereocenters. The third-order valence-electron chi connectivity index (χ3n) is 3.39. The molecule has 106 valence electrons. The number of nitrogen functional groups attached to an aromatic ring is 1. The van der Waals surface area contributed by atoms with E-state index >= 15 is 0 Å². The molecule has 1 amide bonds. The zero-order valence-corrected chi connectivity index (χ0v) is 13.0. The number of nitrogens with one attached hydrogen (secondary N) is 1. The predicted octanol–water partition coefficient (Wildman–Crippen LogP) is 2.89. The lowest BCUT2D eigenvalue weighted by molar-refractivity contribution is 0.0955. The number of aryl methyl sites for hydroxylation is 4. The molecule has 0 bridgehead atoms. The third-order valence-corrected chi connectivity index (χ3v) is 4.54. The van der Waals surface area contributed by atoms with E-state index in [9.17, 15) is 4.79 Å². The van der Waals surface area contributed by atoms with Crippen molar-refractivity contribution < 1.29 is 4.79 Å². The van der Waals surface area contributed by atoms with Gasteiger partial charge in [0.2, 0.25) is 0 Å². The second-order valence-corrected chi connectivity index (χ2v) is 6.22. The van der Waals surface area contributed by atoms with E-state index in [4.69, 9.17) is 5.73 Å². The van der Waals surface area contributed by atoms with Crippen molar-refractivity contribution >= 4 is 23.1 Å². The van der Waals surface area contributed by atoms with Gasteiger partial charge in [-0.3, -0.25) is 4.79 Å². The molecule has 4 nitrogen and oxygen atoms in total. The SMILES string of the molecule is Cc1cc(C(=O)NCc2c(C)cc(N)nc2C)sc1C. The van der Waals surface area contributed by atoms with E-state index in [1.165, 1.54) is 16.2 Å². The summed E-state index contributed by atoms with van der Waals surface area (Å²) in [5, 5.41) is 2.95. The Morgan fingerprint density at radius 3 is 2.50 bits per heavy atom. The standard InChI is InChI=1S/C15H19N3OS/c1-8-5-13(20-11(8)4)15(19)17-7-12-9(2)6-14(16)18-10(12)3/h5-6H,7H2,1-4H3,(H2,16,18)(H,17,19). The van der Waals surface area contributed by atoms with Gasteiger partial charge >= 0.3 is 0 Å². The highest BCUT2D eigenvalue weighted by atomic mass is 32.1. The van der Waals surface area contributed by atoms with Gasteiger partial charge in [0.25, 0.3) is 5.91 Å². The van der Waals surface area contributed by atoms with Crippen LogP contribution in [0.3, 0.4) is 0 Å². The van der Waals surface area contributed by atoms with Crippen LogP contribution in [0.15, 0.2) is 12.1 Å². The number of amides is 1. The molecule has 2 aromatic rings. The number of aromatic nitrogens is 1. The van der Waals surface area contributed by atoms with Crippen molar-refractivity contribution in [2.24, 2.45) is 0 Å². The summed E-state index contributed by atoms with van der Waals surface area (Å²) in [6.45, 7) is 8.39. The molecule has 0 aliphatic heterocycles. The van der Waals surface area contributed by atoms with E-state index in [1.54, 1.807) is 0 Å². The van der Waals surface area contributed by atoms with E-state index in [2.05, 4.69) is 10.3 Å². The molecule has 0 aliphatic carbocycles. The molecule has 2 heterocycles. The van der Waals surface area contributed by atoms with Gasteiger partial charge in [0.15, 0.2) is 0 Å². The van der Waals surface area contributed by atoms with E-state index < -0.39 is 0 Å². The van der Waals surface area contributed by atoms with Crippen molar-refractivity contribution in [3.63, 3.8) is 0 Å². The summed E-state index contributed by atoms with van der Waals surface area (Å²) < 4.78 is 0. The molecular weight excluding hydrogens is 270 g/mol. The van der Waals surface area contributed by atoms with Gasteiger partial charge in [0, 0.05) is 17.1 Å². The lowest BCUT2D eigenvalue weighted by atomic mass is 10.1. The Balaban J connectivity index is 2.11. The number of nitrogens with zero attached hydrogens (tertiary/aromatic N) is 1. The van der Waals surface area contributed by atoms with Gasteiger partial charge in [-0.05, 0) is 56.5 Å². The zero-order chi connectivity index (χ0) is 14.9. The molecule has 0 saturated heterocycles. The average molecular weight is 289 g/mol. The minimum absolute atomic E-state index is 0.0400. The maximum Gasteiger partial charge on any atom is 0.261 e. The monoisotopic (exact) mass is 289 g/mol. The molecule has 0 spiro atoms. The van der Waals surface area contributed by atoms with E-state index in [0.717, 1.165) is 27.3 Å². The lowest BCUT2D eigenvalue weighted by Gasteiger charge is -2.10. The van der Waals surface area contributed by atoms with Crippen molar-refractivity contribution in [3.05, 3.63) is 44.3 Å². The first kappa shape index (κ1) is 14.5. The van der Waals surface area contributed by atoms with Crippen LogP contribution < -0.4 is 11.1 Å². The third kappa shape index (κ3) is 2.99. The van der Waals surface area contributed by atoms with Crippen LogP contribution in [0.25, 0.3) is 0 Å². The van der Waals surface area contributed by atoms with Gasteiger partial charge in [-0.15, -0.1) is 11.3 Å². The number of nitrogens with two attached hydrogens (primary N) is 1. The van der Waals surface area contributed by atoms with Crippen molar-refractivity contribution in [1.82, 2.24) is 10.3 Å². The molecule has 0 aliphatic rings. The van der Waals surface area contributed by atoms with Gasteiger partial charge in [-0.2, -0.15) is 0 Å². The molecule has 0 radical (unpaired) electrons.